The van der Waals surface area contributed by atoms with E-state index in [2.05, 4.69) is 0 Å². The fraction of sp³-hybridized carbons (Fsp3) is 0.429. The molecule has 0 bridgehead atoms. The second kappa shape index (κ2) is 5.21. The van der Waals surface area contributed by atoms with Gasteiger partial charge in [-0.25, -0.2) is 0 Å². The van der Waals surface area contributed by atoms with Gasteiger partial charge in [0.15, 0.2) is 12.4 Å². The van der Waals surface area contributed by atoms with Crippen LogP contribution in [0.5, 0.6) is 5.75 Å². The molecule has 2 aliphatic rings. The van der Waals surface area contributed by atoms with Crippen LogP contribution in [-0.2, 0) is 14.2 Å². The van der Waals surface area contributed by atoms with Gasteiger partial charge in [0.05, 0.1) is 20.0 Å². The van der Waals surface area contributed by atoms with Gasteiger partial charge in [0.2, 0.25) is 0 Å². The Morgan fingerprint density at radius 2 is 2.05 bits per heavy atom. The number of hydrogen-bond donors (Lipinski definition) is 1. The van der Waals surface area contributed by atoms with Crippen molar-refractivity contribution in [2.45, 2.75) is 24.6 Å². The van der Waals surface area contributed by atoms with Crippen molar-refractivity contribution in [2.24, 2.45) is 0 Å². The lowest BCUT2D eigenvalue weighted by Crippen LogP contribution is -2.49. The molecule has 4 atom stereocenters. The van der Waals surface area contributed by atoms with Crippen molar-refractivity contribution < 1.29 is 24.1 Å². The van der Waals surface area contributed by atoms with Gasteiger partial charge < -0.3 is 24.1 Å². The highest BCUT2D eigenvalue weighted by Gasteiger charge is 2.39. The number of rotatable bonds is 2. The normalized spacial score (nSPS) is 33.4. The summed E-state index contributed by atoms with van der Waals surface area (Å²) < 4.78 is 21.9. The lowest BCUT2D eigenvalue weighted by molar-refractivity contribution is -0.276. The summed E-state index contributed by atoms with van der Waals surface area (Å²) in [5.74, 6) is 0.779. The Bertz CT molecular complexity index is 455. The fourth-order valence-corrected chi connectivity index (χ4v) is 2.24. The number of methoxy groups -OCH3 is 1. The maximum Gasteiger partial charge on any atom is 0.184 e. The molecule has 19 heavy (non-hydrogen) atoms. The molecule has 5 heteroatoms. The van der Waals surface area contributed by atoms with E-state index >= 15 is 0 Å². The van der Waals surface area contributed by atoms with E-state index in [1.54, 1.807) is 13.2 Å². The topological polar surface area (TPSA) is 57.2 Å². The predicted molar refractivity (Wildman–Crippen MR) is 66.6 cm³/mol. The van der Waals surface area contributed by atoms with Gasteiger partial charge in [0, 0.05) is 5.56 Å². The number of fused-ring (bicyclic) bond motifs is 1. The molecule has 0 aliphatic carbocycles. The summed E-state index contributed by atoms with van der Waals surface area (Å²) in [6, 6.07) is 7.47. The minimum absolute atomic E-state index is 0.255. The molecule has 102 valence electrons. The summed E-state index contributed by atoms with van der Waals surface area (Å²) >= 11 is 0. The minimum Gasteiger partial charge on any atom is -0.497 e. The highest BCUT2D eigenvalue weighted by Crippen LogP contribution is 2.31. The van der Waals surface area contributed by atoms with Crippen molar-refractivity contribution >= 4 is 0 Å². The third-order valence-electron chi connectivity index (χ3n) is 3.31. The second-order valence-corrected chi connectivity index (χ2v) is 4.53. The first-order valence-corrected chi connectivity index (χ1v) is 6.19. The molecular weight excluding hydrogens is 248 g/mol. The van der Waals surface area contributed by atoms with Crippen LogP contribution >= 0.6 is 0 Å². The van der Waals surface area contributed by atoms with E-state index in [1.807, 2.05) is 24.3 Å². The van der Waals surface area contributed by atoms with Crippen LogP contribution in [0.3, 0.4) is 0 Å². The molecule has 0 aromatic heterocycles. The highest BCUT2D eigenvalue weighted by atomic mass is 16.7. The molecule has 1 N–H and O–H groups in total. The molecule has 1 aromatic rings. The average molecular weight is 264 g/mol. The van der Waals surface area contributed by atoms with Crippen molar-refractivity contribution in [3.8, 4) is 5.75 Å². The quantitative estimate of drug-likeness (QED) is 0.874. The van der Waals surface area contributed by atoms with Gasteiger partial charge in [0.1, 0.15) is 18.0 Å². The average Bonchev–Trinajstić information content (AvgIpc) is 2.47. The van der Waals surface area contributed by atoms with Gasteiger partial charge >= 0.3 is 0 Å². The van der Waals surface area contributed by atoms with Gasteiger partial charge in [-0.2, -0.15) is 0 Å². The SMILES string of the molecule is COc1ccc(C2OCC3OC=C[C@@H](O)C3O2)cc1. The van der Waals surface area contributed by atoms with Crippen molar-refractivity contribution in [2.75, 3.05) is 13.7 Å². The number of hydrogen-bond acceptors (Lipinski definition) is 5. The molecule has 0 amide bonds. The van der Waals surface area contributed by atoms with Crippen molar-refractivity contribution in [3.05, 3.63) is 42.2 Å². The number of benzene rings is 1. The van der Waals surface area contributed by atoms with Crippen LogP contribution < -0.4 is 4.74 Å². The highest BCUT2D eigenvalue weighted by molar-refractivity contribution is 5.28. The molecule has 0 saturated carbocycles. The molecule has 3 unspecified atom stereocenters. The first-order chi connectivity index (χ1) is 9.28. The monoisotopic (exact) mass is 264 g/mol. The van der Waals surface area contributed by atoms with Gasteiger partial charge in [-0.1, -0.05) is 12.1 Å². The zero-order valence-electron chi connectivity index (χ0n) is 10.6. The molecule has 1 aromatic carbocycles. The second-order valence-electron chi connectivity index (χ2n) is 4.53. The number of aliphatic hydroxyl groups excluding tert-OH is 1. The molecule has 2 aliphatic heterocycles. The van der Waals surface area contributed by atoms with E-state index in [4.69, 9.17) is 18.9 Å². The maximum atomic E-state index is 9.88. The van der Waals surface area contributed by atoms with Crippen LogP contribution in [0.4, 0.5) is 0 Å². The summed E-state index contributed by atoms with van der Waals surface area (Å²) in [4.78, 5) is 0. The maximum absolute atomic E-state index is 9.88. The van der Waals surface area contributed by atoms with E-state index < -0.39 is 18.5 Å². The molecule has 0 radical (unpaired) electrons. The molecule has 0 spiro atoms. The fourth-order valence-electron chi connectivity index (χ4n) is 2.24. The predicted octanol–water partition coefficient (Wildman–Crippen LogP) is 1.38. The van der Waals surface area contributed by atoms with Crippen molar-refractivity contribution in [1.82, 2.24) is 0 Å². The van der Waals surface area contributed by atoms with Crippen LogP contribution in [0, 0.1) is 0 Å². The van der Waals surface area contributed by atoms with Crippen molar-refractivity contribution in [3.63, 3.8) is 0 Å². The summed E-state index contributed by atoms with van der Waals surface area (Å²) in [5.41, 5.74) is 0.890. The Morgan fingerprint density at radius 1 is 1.26 bits per heavy atom. The van der Waals surface area contributed by atoms with Gasteiger partial charge in [-0.15, -0.1) is 0 Å². The van der Waals surface area contributed by atoms with Crippen LogP contribution in [0.1, 0.15) is 11.9 Å². The van der Waals surface area contributed by atoms with Crippen molar-refractivity contribution in [1.29, 1.82) is 0 Å². The summed E-state index contributed by atoms with van der Waals surface area (Å²) in [7, 11) is 1.62. The van der Waals surface area contributed by atoms with Gasteiger partial charge in [-0.05, 0) is 18.2 Å². The Balaban J connectivity index is 1.74. The Hall–Kier alpha value is -1.56. The third kappa shape index (κ3) is 2.45. The van der Waals surface area contributed by atoms with E-state index in [-0.39, 0.29) is 6.10 Å². The van der Waals surface area contributed by atoms with Crippen LogP contribution in [-0.4, -0.2) is 37.1 Å². The Morgan fingerprint density at radius 3 is 2.79 bits per heavy atom. The van der Waals surface area contributed by atoms with E-state index in [9.17, 15) is 5.11 Å². The van der Waals surface area contributed by atoms with E-state index in [0.717, 1.165) is 11.3 Å². The van der Waals surface area contributed by atoms with Crippen LogP contribution in [0.25, 0.3) is 0 Å². The summed E-state index contributed by atoms with van der Waals surface area (Å²) in [5, 5.41) is 9.88. The zero-order chi connectivity index (χ0) is 13.2. The Labute approximate surface area is 111 Å². The van der Waals surface area contributed by atoms with Crippen LogP contribution in [0.15, 0.2) is 36.6 Å². The number of aliphatic hydroxyl groups is 1. The molecule has 1 saturated heterocycles. The first-order valence-electron chi connectivity index (χ1n) is 6.19. The lowest BCUT2D eigenvalue weighted by Gasteiger charge is -2.39. The molecule has 1 fully saturated rings. The largest absolute Gasteiger partial charge is 0.497 e. The van der Waals surface area contributed by atoms with Crippen LogP contribution in [0.2, 0.25) is 0 Å². The standard InChI is InChI=1S/C14H16O5/c1-16-10-4-2-9(3-5-10)14-18-8-12-13(19-14)11(15)6-7-17-12/h2-7,11-15H,8H2,1H3/t11-,12?,13?,14?/m1/s1. The lowest BCUT2D eigenvalue weighted by atomic mass is 10.0. The molecular formula is C14H16O5. The smallest absolute Gasteiger partial charge is 0.184 e. The Kier molecular flexibility index (Phi) is 3.42. The van der Waals surface area contributed by atoms with Gasteiger partial charge in [0.25, 0.3) is 0 Å². The minimum atomic E-state index is -0.664. The molecule has 3 rings (SSSR count). The van der Waals surface area contributed by atoms with E-state index in [1.165, 1.54) is 6.26 Å². The van der Waals surface area contributed by atoms with Gasteiger partial charge in [-0.3, -0.25) is 0 Å². The van der Waals surface area contributed by atoms with E-state index in [0.29, 0.717) is 6.61 Å². The summed E-state index contributed by atoms with van der Waals surface area (Å²) in [6.45, 7) is 0.392. The number of ether oxygens (including phenoxy) is 4. The third-order valence-corrected chi connectivity index (χ3v) is 3.31. The molecule has 5 nitrogen and oxygen atoms in total. The first kappa shape index (κ1) is 12.5. The molecule has 2 heterocycles. The summed E-state index contributed by atoms with van der Waals surface area (Å²) in [6.07, 6.45) is 1.27. The zero-order valence-corrected chi connectivity index (χ0v) is 10.6.